The fraction of sp³-hybridized carbons (Fsp3) is 0.667. The summed E-state index contributed by atoms with van der Waals surface area (Å²) in [5.41, 5.74) is -1.24. The standard InChI is InChI=1S/C18H30FNO3S/c1-7-14(6)17(18(21,12(2)3)13(4)5)20-24(22,23)16-11-9-8-10-15(16)19/h8-14,17,20-21H,7H2,1-6H3. The molecule has 0 aromatic heterocycles. The van der Waals surface area contributed by atoms with E-state index in [0.29, 0.717) is 6.42 Å². The van der Waals surface area contributed by atoms with Gasteiger partial charge in [0.25, 0.3) is 0 Å². The Labute approximate surface area is 145 Å². The van der Waals surface area contributed by atoms with E-state index in [1.165, 1.54) is 18.2 Å². The van der Waals surface area contributed by atoms with Crippen LogP contribution < -0.4 is 4.72 Å². The van der Waals surface area contributed by atoms with Crippen LogP contribution in [-0.4, -0.2) is 25.2 Å². The monoisotopic (exact) mass is 359 g/mol. The van der Waals surface area contributed by atoms with Gasteiger partial charge in [-0.2, -0.15) is 0 Å². The second-order valence-corrected chi connectivity index (χ2v) is 8.79. The first-order valence-corrected chi connectivity index (χ1v) is 9.95. The summed E-state index contributed by atoms with van der Waals surface area (Å²) in [6, 6.07) is 4.55. The molecule has 0 aliphatic rings. The Morgan fingerprint density at radius 2 is 1.62 bits per heavy atom. The van der Waals surface area contributed by atoms with Crippen LogP contribution >= 0.6 is 0 Å². The largest absolute Gasteiger partial charge is 0.388 e. The van der Waals surface area contributed by atoms with Crippen LogP contribution in [0.2, 0.25) is 0 Å². The fourth-order valence-corrected chi connectivity index (χ4v) is 4.65. The summed E-state index contributed by atoms with van der Waals surface area (Å²) in [5, 5.41) is 11.3. The number of benzene rings is 1. The van der Waals surface area contributed by atoms with E-state index in [9.17, 15) is 17.9 Å². The first-order valence-electron chi connectivity index (χ1n) is 8.47. The molecule has 0 spiro atoms. The molecule has 1 aromatic carbocycles. The molecule has 0 radical (unpaired) electrons. The van der Waals surface area contributed by atoms with E-state index >= 15 is 0 Å². The van der Waals surface area contributed by atoms with E-state index in [0.717, 1.165) is 6.07 Å². The van der Waals surface area contributed by atoms with Gasteiger partial charge in [-0.1, -0.05) is 60.1 Å². The van der Waals surface area contributed by atoms with Crippen molar-refractivity contribution < 1.29 is 17.9 Å². The number of hydrogen-bond donors (Lipinski definition) is 2. The zero-order valence-corrected chi connectivity index (χ0v) is 16.2. The highest BCUT2D eigenvalue weighted by Crippen LogP contribution is 2.35. The minimum atomic E-state index is -4.08. The highest BCUT2D eigenvalue weighted by atomic mass is 32.2. The van der Waals surface area contributed by atoms with Crippen molar-refractivity contribution in [3.63, 3.8) is 0 Å². The molecule has 2 atom stereocenters. The average molecular weight is 360 g/mol. The molecule has 0 heterocycles. The molecule has 0 bridgehead atoms. The van der Waals surface area contributed by atoms with Crippen molar-refractivity contribution in [1.82, 2.24) is 4.72 Å². The summed E-state index contributed by atoms with van der Waals surface area (Å²) in [7, 11) is -4.08. The lowest BCUT2D eigenvalue weighted by atomic mass is 9.71. The van der Waals surface area contributed by atoms with Gasteiger partial charge in [-0.15, -0.1) is 0 Å². The third-order valence-electron chi connectivity index (χ3n) is 4.97. The minimum Gasteiger partial charge on any atom is -0.388 e. The van der Waals surface area contributed by atoms with Crippen LogP contribution in [0.25, 0.3) is 0 Å². The summed E-state index contributed by atoms with van der Waals surface area (Å²) in [6.07, 6.45) is 0.687. The second-order valence-electron chi connectivity index (χ2n) is 7.11. The van der Waals surface area contributed by atoms with Crippen molar-refractivity contribution in [1.29, 1.82) is 0 Å². The number of aliphatic hydroxyl groups is 1. The highest BCUT2D eigenvalue weighted by molar-refractivity contribution is 7.89. The molecule has 0 aliphatic carbocycles. The molecule has 1 aromatic rings. The van der Waals surface area contributed by atoms with Crippen LogP contribution in [0.4, 0.5) is 4.39 Å². The van der Waals surface area contributed by atoms with Crippen molar-refractivity contribution in [3.05, 3.63) is 30.1 Å². The summed E-state index contributed by atoms with van der Waals surface area (Å²) in [5.74, 6) is -1.24. The average Bonchev–Trinajstić information content (AvgIpc) is 2.50. The lowest BCUT2D eigenvalue weighted by molar-refractivity contribution is -0.0852. The second kappa shape index (κ2) is 7.93. The predicted molar refractivity (Wildman–Crippen MR) is 94.6 cm³/mol. The first kappa shape index (κ1) is 21.1. The molecule has 2 unspecified atom stereocenters. The number of nitrogens with one attached hydrogen (secondary N) is 1. The molecule has 0 saturated heterocycles. The Bertz CT molecular complexity index is 635. The topological polar surface area (TPSA) is 66.4 Å². The fourth-order valence-electron chi connectivity index (χ4n) is 3.18. The van der Waals surface area contributed by atoms with E-state index in [2.05, 4.69) is 4.72 Å². The van der Waals surface area contributed by atoms with E-state index in [-0.39, 0.29) is 17.8 Å². The summed E-state index contributed by atoms with van der Waals surface area (Å²) in [6.45, 7) is 11.3. The van der Waals surface area contributed by atoms with Gasteiger partial charge in [-0.3, -0.25) is 0 Å². The molecular formula is C18H30FNO3S. The van der Waals surface area contributed by atoms with Crippen molar-refractivity contribution in [3.8, 4) is 0 Å². The maximum Gasteiger partial charge on any atom is 0.243 e. The minimum absolute atomic E-state index is 0.110. The molecule has 4 nitrogen and oxygen atoms in total. The highest BCUT2D eigenvalue weighted by Gasteiger charge is 2.46. The summed E-state index contributed by atoms with van der Waals surface area (Å²) < 4.78 is 42.0. The van der Waals surface area contributed by atoms with E-state index in [1.807, 2.05) is 41.5 Å². The lowest BCUT2D eigenvalue weighted by Crippen LogP contribution is -2.61. The Morgan fingerprint density at radius 3 is 2.04 bits per heavy atom. The Hall–Kier alpha value is -0.980. The van der Waals surface area contributed by atoms with Crippen molar-refractivity contribution in [2.45, 2.75) is 64.5 Å². The van der Waals surface area contributed by atoms with Gasteiger partial charge < -0.3 is 5.11 Å². The van der Waals surface area contributed by atoms with Crippen LogP contribution in [0, 0.1) is 23.6 Å². The molecule has 0 saturated carbocycles. The molecule has 0 aliphatic heterocycles. The molecule has 24 heavy (non-hydrogen) atoms. The maximum absolute atomic E-state index is 14.0. The van der Waals surface area contributed by atoms with Gasteiger partial charge in [0.05, 0.1) is 11.6 Å². The third-order valence-corrected chi connectivity index (χ3v) is 6.44. The van der Waals surface area contributed by atoms with Crippen LogP contribution in [0.15, 0.2) is 29.2 Å². The van der Waals surface area contributed by atoms with Gasteiger partial charge in [0.1, 0.15) is 10.7 Å². The number of hydrogen-bond acceptors (Lipinski definition) is 3. The lowest BCUT2D eigenvalue weighted by Gasteiger charge is -2.45. The Balaban J connectivity index is 3.36. The van der Waals surface area contributed by atoms with Gasteiger partial charge in [-0.25, -0.2) is 17.5 Å². The van der Waals surface area contributed by atoms with Crippen molar-refractivity contribution >= 4 is 10.0 Å². The third kappa shape index (κ3) is 4.16. The smallest absolute Gasteiger partial charge is 0.243 e. The number of sulfonamides is 1. The molecule has 1 rings (SSSR count). The van der Waals surface area contributed by atoms with Gasteiger partial charge in [0, 0.05) is 0 Å². The molecule has 6 heteroatoms. The predicted octanol–water partition coefficient (Wildman–Crippen LogP) is 3.56. The van der Waals surface area contributed by atoms with Gasteiger partial charge >= 0.3 is 0 Å². The summed E-state index contributed by atoms with van der Waals surface area (Å²) >= 11 is 0. The summed E-state index contributed by atoms with van der Waals surface area (Å²) in [4.78, 5) is -0.395. The first-order chi connectivity index (χ1) is 11.0. The molecule has 0 amide bonds. The number of halogens is 1. The van der Waals surface area contributed by atoms with E-state index in [4.69, 9.17) is 0 Å². The zero-order chi connectivity index (χ0) is 18.7. The van der Waals surface area contributed by atoms with Crippen molar-refractivity contribution in [2.75, 3.05) is 0 Å². The van der Waals surface area contributed by atoms with Crippen LogP contribution in [0.1, 0.15) is 48.0 Å². The Kier molecular flexibility index (Phi) is 6.96. The Morgan fingerprint density at radius 1 is 1.12 bits per heavy atom. The number of rotatable bonds is 8. The van der Waals surface area contributed by atoms with Gasteiger partial charge in [-0.05, 0) is 29.9 Å². The van der Waals surface area contributed by atoms with E-state index in [1.54, 1.807) is 0 Å². The van der Waals surface area contributed by atoms with Gasteiger partial charge in [0.2, 0.25) is 10.0 Å². The maximum atomic E-state index is 14.0. The zero-order valence-electron chi connectivity index (χ0n) is 15.4. The van der Waals surface area contributed by atoms with E-state index < -0.39 is 32.4 Å². The van der Waals surface area contributed by atoms with Gasteiger partial charge in [0.15, 0.2) is 0 Å². The molecule has 138 valence electrons. The SMILES string of the molecule is CCC(C)C(NS(=O)(=O)c1ccccc1F)C(O)(C(C)C)C(C)C. The van der Waals surface area contributed by atoms with Crippen molar-refractivity contribution in [2.24, 2.45) is 17.8 Å². The van der Waals surface area contributed by atoms with Crippen LogP contribution in [-0.2, 0) is 10.0 Å². The normalized spacial score (nSPS) is 15.8. The van der Waals surface area contributed by atoms with Crippen LogP contribution in [0.5, 0.6) is 0 Å². The quantitative estimate of drug-likeness (QED) is 0.746. The molecule has 2 N–H and O–H groups in total. The molecule has 0 fully saturated rings. The van der Waals surface area contributed by atoms with Crippen LogP contribution in [0.3, 0.4) is 0 Å². The molecular weight excluding hydrogens is 329 g/mol.